The van der Waals surface area contributed by atoms with Crippen molar-refractivity contribution in [1.29, 1.82) is 0 Å². The van der Waals surface area contributed by atoms with E-state index in [9.17, 15) is 0 Å². The van der Waals surface area contributed by atoms with Crippen molar-refractivity contribution in [2.24, 2.45) is 0 Å². The van der Waals surface area contributed by atoms with Crippen LogP contribution >= 0.6 is 11.3 Å². The highest BCUT2D eigenvalue weighted by molar-refractivity contribution is 7.16. The van der Waals surface area contributed by atoms with Crippen LogP contribution in [-0.4, -0.2) is 31.5 Å². The van der Waals surface area contributed by atoms with E-state index in [-0.39, 0.29) is 0 Å². The topological polar surface area (TPSA) is 56.4 Å². The van der Waals surface area contributed by atoms with Gasteiger partial charge < -0.3 is 14.2 Å². The minimum absolute atomic E-state index is 0.736. The lowest BCUT2D eigenvalue weighted by Gasteiger charge is -2.08. The number of H-pyrrole nitrogens is 1. The van der Waals surface area contributed by atoms with Gasteiger partial charge in [0.15, 0.2) is 11.5 Å². The third-order valence-electron chi connectivity index (χ3n) is 5.31. The lowest BCUT2D eigenvalue weighted by molar-refractivity contribution is 0.355. The van der Waals surface area contributed by atoms with Crippen LogP contribution < -0.4 is 14.2 Å². The summed E-state index contributed by atoms with van der Waals surface area (Å²) < 4.78 is 16.1. The van der Waals surface area contributed by atoms with E-state index in [1.165, 1.54) is 20.9 Å². The number of hydrogen-bond donors (Lipinski definition) is 1. The summed E-state index contributed by atoms with van der Waals surface area (Å²) >= 11 is 1.81. The number of methoxy groups -OCH3 is 3. The Morgan fingerprint density at radius 2 is 1.62 bits per heavy atom. The number of aromatic nitrogens is 2. The van der Waals surface area contributed by atoms with Gasteiger partial charge >= 0.3 is 0 Å². The Balaban J connectivity index is 1.50. The molecular weight excluding hydrogens is 384 g/mol. The molecule has 0 aliphatic heterocycles. The molecule has 29 heavy (non-hydrogen) atoms. The summed E-state index contributed by atoms with van der Waals surface area (Å²) in [6.07, 6.45) is 0.889. The number of ether oxygens (including phenoxy) is 3. The smallest absolute Gasteiger partial charge is 0.161 e. The van der Waals surface area contributed by atoms with Gasteiger partial charge in [-0.25, -0.2) is 0 Å². The Bertz CT molecular complexity index is 1190. The highest BCUT2D eigenvalue weighted by atomic mass is 32.1. The fourth-order valence-electron chi connectivity index (χ4n) is 3.81. The van der Waals surface area contributed by atoms with Gasteiger partial charge in [0.05, 0.1) is 32.7 Å². The van der Waals surface area contributed by atoms with Crippen molar-refractivity contribution in [3.63, 3.8) is 0 Å². The third-order valence-corrected chi connectivity index (χ3v) is 6.50. The van der Waals surface area contributed by atoms with E-state index in [2.05, 4.69) is 34.5 Å². The first-order valence-electron chi connectivity index (χ1n) is 9.29. The summed E-state index contributed by atoms with van der Waals surface area (Å²) in [6, 6.07) is 16.3. The maximum Gasteiger partial charge on any atom is 0.161 e. The maximum absolute atomic E-state index is 5.46. The Morgan fingerprint density at radius 1 is 0.862 bits per heavy atom. The zero-order valence-corrected chi connectivity index (χ0v) is 17.2. The molecule has 0 spiro atoms. The molecular formula is C23H20N2O3S. The van der Waals surface area contributed by atoms with Gasteiger partial charge in [0.1, 0.15) is 5.75 Å². The Kier molecular flexibility index (Phi) is 4.28. The number of thiophene rings is 1. The molecule has 1 aliphatic carbocycles. The summed E-state index contributed by atoms with van der Waals surface area (Å²) in [6.45, 7) is 0. The second-order valence-corrected chi connectivity index (χ2v) is 7.99. The van der Waals surface area contributed by atoms with Crippen LogP contribution in [0.5, 0.6) is 17.2 Å². The molecule has 6 heteroatoms. The van der Waals surface area contributed by atoms with E-state index < -0.39 is 0 Å². The SMILES string of the molecule is COc1ccc(-c2n[nH]c3c2Cc2sc(-c4ccc(OC)c(OC)c4)cc2-3)cc1. The van der Waals surface area contributed by atoms with Crippen LogP contribution in [0, 0.1) is 0 Å². The molecule has 2 heterocycles. The van der Waals surface area contributed by atoms with Gasteiger partial charge in [0.25, 0.3) is 0 Å². The second-order valence-electron chi connectivity index (χ2n) is 6.85. The number of hydrogen-bond acceptors (Lipinski definition) is 5. The summed E-state index contributed by atoms with van der Waals surface area (Å²) in [5.74, 6) is 2.32. The van der Waals surface area contributed by atoms with Crippen LogP contribution in [0.2, 0.25) is 0 Å². The Labute approximate surface area is 172 Å². The van der Waals surface area contributed by atoms with Crippen molar-refractivity contribution in [3.05, 3.63) is 59.0 Å². The molecule has 1 aliphatic rings. The zero-order valence-electron chi connectivity index (χ0n) is 16.4. The molecule has 0 amide bonds. The fourth-order valence-corrected chi connectivity index (χ4v) is 4.99. The molecule has 0 bridgehead atoms. The van der Waals surface area contributed by atoms with Crippen LogP contribution in [0.25, 0.3) is 33.0 Å². The van der Waals surface area contributed by atoms with Crippen molar-refractivity contribution in [1.82, 2.24) is 10.2 Å². The average molecular weight is 404 g/mol. The number of nitrogens with one attached hydrogen (secondary N) is 1. The van der Waals surface area contributed by atoms with E-state index in [1.54, 1.807) is 21.3 Å². The lowest BCUT2D eigenvalue weighted by Crippen LogP contribution is -1.90. The zero-order chi connectivity index (χ0) is 20.0. The maximum atomic E-state index is 5.46. The van der Waals surface area contributed by atoms with Crippen LogP contribution in [0.15, 0.2) is 48.5 Å². The van der Waals surface area contributed by atoms with E-state index in [4.69, 9.17) is 14.2 Å². The van der Waals surface area contributed by atoms with Crippen LogP contribution in [0.4, 0.5) is 0 Å². The lowest BCUT2D eigenvalue weighted by atomic mass is 10.1. The van der Waals surface area contributed by atoms with Gasteiger partial charge in [-0.2, -0.15) is 5.10 Å². The van der Waals surface area contributed by atoms with Crippen molar-refractivity contribution in [3.8, 4) is 50.2 Å². The molecule has 0 radical (unpaired) electrons. The molecule has 146 valence electrons. The van der Waals surface area contributed by atoms with Crippen molar-refractivity contribution >= 4 is 11.3 Å². The summed E-state index contributed by atoms with van der Waals surface area (Å²) in [4.78, 5) is 2.57. The highest BCUT2D eigenvalue weighted by Gasteiger charge is 2.28. The van der Waals surface area contributed by atoms with Crippen molar-refractivity contribution in [2.45, 2.75) is 6.42 Å². The summed E-state index contributed by atoms with van der Waals surface area (Å²) in [5.41, 5.74) is 6.85. The second kappa shape index (κ2) is 6.97. The normalized spacial score (nSPS) is 11.8. The molecule has 0 unspecified atom stereocenters. The molecule has 0 fully saturated rings. The van der Waals surface area contributed by atoms with Gasteiger partial charge in [-0.3, -0.25) is 5.10 Å². The number of rotatable bonds is 5. The molecule has 0 saturated heterocycles. The monoisotopic (exact) mass is 404 g/mol. The quantitative estimate of drug-likeness (QED) is 0.426. The van der Waals surface area contributed by atoms with Crippen molar-refractivity contribution < 1.29 is 14.2 Å². The number of fused-ring (bicyclic) bond motifs is 3. The molecule has 2 aromatic carbocycles. The van der Waals surface area contributed by atoms with Gasteiger partial charge in [0, 0.05) is 32.9 Å². The average Bonchev–Trinajstić information content (AvgIpc) is 3.44. The van der Waals surface area contributed by atoms with E-state index >= 15 is 0 Å². The molecule has 2 aromatic heterocycles. The van der Waals surface area contributed by atoms with Gasteiger partial charge in [0.2, 0.25) is 0 Å². The molecule has 1 N–H and O–H groups in total. The molecule has 4 aromatic rings. The van der Waals surface area contributed by atoms with E-state index in [0.29, 0.717) is 0 Å². The standard InChI is InChI=1S/C23H20N2O3S/c1-26-15-7-4-13(5-8-15)22-17-12-21-16(23(17)25-24-22)11-20(29-21)14-6-9-18(27-2)19(10-14)28-3/h4-11H,12H2,1-3H3,(H,24,25). The summed E-state index contributed by atoms with van der Waals surface area (Å²) in [5, 5.41) is 7.85. The van der Waals surface area contributed by atoms with Gasteiger partial charge in [-0.1, -0.05) is 0 Å². The van der Waals surface area contributed by atoms with Crippen molar-refractivity contribution in [2.75, 3.05) is 21.3 Å². The number of benzene rings is 2. The number of nitrogens with zero attached hydrogens (tertiary/aromatic N) is 1. The predicted molar refractivity (Wildman–Crippen MR) is 115 cm³/mol. The fraction of sp³-hybridized carbons (Fsp3) is 0.174. The predicted octanol–water partition coefficient (Wildman–Crippen LogP) is 5.40. The minimum Gasteiger partial charge on any atom is -0.497 e. The summed E-state index contributed by atoms with van der Waals surface area (Å²) in [7, 11) is 4.99. The molecule has 0 atom stereocenters. The van der Waals surface area contributed by atoms with Gasteiger partial charge in [-0.05, 0) is 54.1 Å². The van der Waals surface area contributed by atoms with Crippen LogP contribution in [0.3, 0.4) is 0 Å². The van der Waals surface area contributed by atoms with E-state index in [1.807, 2.05) is 35.6 Å². The Morgan fingerprint density at radius 3 is 2.34 bits per heavy atom. The van der Waals surface area contributed by atoms with Crippen LogP contribution in [0.1, 0.15) is 10.4 Å². The molecule has 0 saturated carbocycles. The highest BCUT2D eigenvalue weighted by Crippen LogP contribution is 2.47. The third kappa shape index (κ3) is 2.87. The first-order valence-corrected chi connectivity index (χ1v) is 10.1. The Hall–Kier alpha value is -3.25. The van der Waals surface area contributed by atoms with E-state index in [0.717, 1.165) is 46.2 Å². The molecule has 5 rings (SSSR count). The molecule has 5 nitrogen and oxygen atoms in total. The first-order chi connectivity index (χ1) is 14.2. The minimum atomic E-state index is 0.736. The number of aromatic amines is 1. The van der Waals surface area contributed by atoms with Crippen LogP contribution in [-0.2, 0) is 6.42 Å². The first kappa shape index (κ1) is 17.8. The van der Waals surface area contributed by atoms with Gasteiger partial charge in [-0.15, -0.1) is 11.3 Å². The largest absolute Gasteiger partial charge is 0.497 e.